The number of unbranched alkanes of at least 4 members (excludes halogenated alkanes) is 2. The van der Waals surface area contributed by atoms with Gasteiger partial charge in [0.1, 0.15) is 5.82 Å². The van der Waals surface area contributed by atoms with Gasteiger partial charge >= 0.3 is 0 Å². The molecule has 0 unspecified atom stereocenters. The van der Waals surface area contributed by atoms with E-state index in [1.165, 1.54) is 12.1 Å². The van der Waals surface area contributed by atoms with Gasteiger partial charge in [-0.25, -0.2) is 13.2 Å². The molecule has 22 heavy (non-hydrogen) atoms. The molecule has 116 valence electrons. The van der Waals surface area contributed by atoms with Gasteiger partial charge in [0.2, 0.25) is 0 Å². The zero-order valence-electron chi connectivity index (χ0n) is 12.6. The van der Waals surface area contributed by atoms with E-state index in [1.807, 2.05) is 12.1 Å². The van der Waals surface area contributed by atoms with Crippen molar-refractivity contribution in [3.8, 4) is 0 Å². The highest BCUT2D eigenvalue weighted by Gasteiger charge is 2.11. The molecule has 0 bridgehead atoms. The highest BCUT2D eigenvalue weighted by Crippen LogP contribution is 2.29. The smallest absolute Gasteiger partial charge is 0.166 e. The SMILES string of the molecule is CCCCCc1ccc(C(F)=C(F)c2ccc(F)cc2)cc1. The van der Waals surface area contributed by atoms with E-state index in [-0.39, 0.29) is 11.1 Å². The van der Waals surface area contributed by atoms with Crippen LogP contribution in [0.25, 0.3) is 11.7 Å². The van der Waals surface area contributed by atoms with Gasteiger partial charge < -0.3 is 0 Å². The van der Waals surface area contributed by atoms with Crippen LogP contribution in [0.4, 0.5) is 13.2 Å². The van der Waals surface area contributed by atoms with Crippen molar-refractivity contribution in [1.29, 1.82) is 0 Å². The first-order valence-electron chi connectivity index (χ1n) is 7.52. The van der Waals surface area contributed by atoms with E-state index in [4.69, 9.17) is 0 Å². The molecule has 0 N–H and O–H groups in total. The van der Waals surface area contributed by atoms with Gasteiger partial charge in [-0.15, -0.1) is 0 Å². The molecule has 2 aromatic carbocycles. The van der Waals surface area contributed by atoms with Gasteiger partial charge in [0.15, 0.2) is 11.7 Å². The van der Waals surface area contributed by atoms with E-state index in [1.54, 1.807) is 12.1 Å². The summed E-state index contributed by atoms with van der Waals surface area (Å²) in [6, 6.07) is 11.5. The largest absolute Gasteiger partial charge is 0.207 e. The number of benzene rings is 2. The van der Waals surface area contributed by atoms with Crippen molar-refractivity contribution < 1.29 is 13.2 Å². The lowest BCUT2D eigenvalue weighted by Gasteiger charge is -2.05. The summed E-state index contributed by atoms with van der Waals surface area (Å²) in [5.41, 5.74) is 1.35. The van der Waals surface area contributed by atoms with Crippen LogP contribution in [-0.2, 0) is 6.42 Å². The number of aryl methyl sites for hydroxylation is 1. The van der Waals surface area contributed by atoms with Crippen LogP contribution in [-0.4, -0.2) is 0 Å². The van der Waals surface area contributed by atoms with Crippen LogP contribution in [0.3, 0.4) is 0 Å². The van der Waals surface area contributed by atoms with Crippen LogP contribution in [0.1, 0.15) is 42.9 Å². The highest BCUT2D eigenvalue weighted by atomic mass is 19.2. The average molecular weight is 304 g/mol. The minimum atomic E-state index is -0.973. The van der Waals surface area contributed by atoms with Crippen LogP contribution < -0.4 is 0 Å². The molecule has 0 radical (unpaired) electrons. The molecule has 2 rings (SSSR count). The number of halogens is 3. The van der Waals surface area contributed by atoms with Gasteiger partial charge in [0.05, 0.1) is 0 Å². The Hall–Kier alpha value is -2.03. The molecule has 0 fully saturated rings. The van der Waals surface area contributed by atoms with Crippen LogP contribution in [0.15, 0.2) is 48.5 Å². The topological polar surface area (TPSA) is 0 Å². The molecule has 0 aromatic heterocycles. The molecule has 0 amide bonds. The normalized spacial score (nSPS) is 12.2. The molecule has 0 saturated heterocycles. The third-order valence-electron chi connectivity index (χ3n) is 3.57. The van der Waals surface area contributed by atoms with Crippen molar-refractivity contribution in [2.45, 2.75) is 32.6 Å². The Morgan fingerprint density at radius 2 is 1.27 bits per heavy atom. The summed E-state index contributed by atoms with van der Waals surface area (Å²) in [6.45, 7) is 2.14. The Bertz CT molecular complexity index is 625. The molecule has 0 aliphatic heterocycles. The fourth-order valence-corrected chi connectivity index (χ4v) is 2.25. The summed E-state index contributed by atoms with van der Waals surface area (Å²) in [5, 5.41) is 0. The lowest BCUT2D eigenvalue weighted by molar-refractivity contribution is 0.627. The van der Waals surface area contributed by atoms with Crippen molar-refractivity contribution in [3.05, 3.63) is 71.0 Å². The van der Waals surface area contributed by atoms with E-state index in [2.05, 4.69) is 6.92 Å². The quantitative estimate of drug-likeness (QED) is 0.432. The third-order valence-corrected chi connectivity index (χ3v) is 3.57. The average Bonchev–Trinajstić information content (AvgIpc) is 2.55. The molecule has 0 heterocycles. The Labute approximate surface area is 129 Å². The first-order valence-corrected chi connectivity index (χ1v) is 7.52. The van der Waals surface area contributed by atoms with Gasteiger partial charge in [0.25, 0.3) is 0 Å². The van der Waals surface area contributed by atoms with E-state index < -0.39 is 17.5 Å². The lowest BCUT2D eigenvalue weighted by atomic mass is 10.0. The first-order chi connectivity index (χ1) is 10.6. The Kier molecular flexibility index (Phi) is 5.82. The van der Waals surface area contributed by atoms with Crippen LogP contribution in [0.5, 0.6) is 0 Å². The molecular weight excluding hydrogens is 285 g/mol. The van der Waals surface area contributed by atoms with Crippen molar-refractivity contribution in [2.75, 3.05) is 0 Å². The third kappa shape index (κ3) is 4.23. The summed E-state index contributed by atoms with van der Waals surface area (Å²) in [4.78, 5) is 0. The molecule has 0 nitrogen and oxygen atoms in total. The molecule has 3 heteroatoms. The van der Waals surface area contributed by atoms with E-state index in [0.29, 0.717) is 0 Å². The maximum Gasteiger partial charge on any atom is 0.166 e. The van der Waals surface area contributed by atoms with Crippen LogP contribution in [0, 0.1) is 5.82 Å². The van der Waals surface area contributed by atoms with Crippen LogP contribution >= 0.6 is 0 Å². The first kappa shape index (κ1) is 16.3. The maximum absolute atomic E-state index is 14.2. The summed E-state index contributed by atoms with van der Waals surface area (Å²) in [5.74, 6) is -2.38. The van der Waals surface area contributed by atoms with E-state index in [9.17, 15) is 13.2 Å². The summed E-state index contributed by atoms with van der Waals surface area (Å²) >= 11 is 0. The van der Waals surface area contributed by atoms with E-state index in [0.717, 1.165) is 43.4 Å². The lowest BCUT2D eigenvalue weighted by Crippen LogP contribution is -1.88. The van der Waals surface area contributed by atoms with E-state index >= 15 is 0 Å². The minimum Gasteiger partial charge on any atom is -0.207 e. The summed E-state index contributed by atoms with van der Waals surface area (Å²) in [7, 11) is 0. The van der Waals surface area contributed by atoms with Crippen molar-refractivity contribution in [3.63, 3.8) is 0 Å². The van der Waals surface area contributed by atoms with Crippen molar-refractivity contribution in [1.82, 2.24) is 0 Å². The predicted molar refractivity (Wildman–Crippen MR) is 85.1 cm³/mol. The van der Waals surface area contributed by atoms with Gasteiger partial charge in [-0.3, -0.25) is 0 Å². The highest BCUT2D eigenvalue weighted by molar-refractivity contribution is 5.83. The minimum absolute atomic E-state index is 0.0333. The molecule has 0 aliphatic carbocycles. The maximum atomic E-state index is 14.2. The molecule has 0 aliphatic rings. The van der Waals surface area contributed by atoms with Crippen molar-refractivity contribution in [2.24, 2.45) is 0 Å². The van der Waals surface area contributed by atoms with Gasteiger partial charge in [-0.2, -0.15) is 0 Å². The molecule has 2 aromatic rings. The monoisotopic (exact) mass is 304 g/mol. The molecule has 0 spiro atoms. The summed E-state index contributed by atoms with van der Waals surface area (Å²) < 4.78 is 41.1. The zero-order valence-corrected chi connectivity index (χ0v) is 12.6. The number of rotatable bonds is 6. The second-order valence-electron chi connectivity index (χ2n) is 5.29. The second kappa shape index (κ2) is 7.83. The molecular formula is C19H19F3. The van der Waals surface area contributed by atoms with Crippen molar-refractivity contribution >= 4 is 11.7 Å². The number of hydrogen-bond donors (Lipinski definition) is 0. The predicted octanol–water partition coefficient (Wildman–Crippen LogP) is 6.32. The fraction of sp³-hybridized carbons (Fsp3) is 0.263. The van der Waals surface area contributed by atoms with Gasteiger partial charge in [0, 0.05) is 11.1 Å². The van der Waals surface area contributed by atoms with Gasteiger partial charge in [-0.1, -0.05) is 44.0 Å². The molecule has 0 saturated carbocycles. The summed E-state index contributed by atoms with van der Waals surface area (Å²) in [6.07, 6.45) is 4.35. The molecule has 0 atom stereocenters. The zero-order chi connectivity index (χ0) is 15.9. The fourth-order valence-electron chi connectivity index (χ4n) is 2.25. The Morgan fingerprint density at radius 1 is 0.773 bits per heavy atom. The Morgan fingerprint density at radius 3 is 1.77 bits per heavy atom. The second-order valence-corrected chi connectivity index (χ2v) is 5.29. The van der Waals surface area contributed by atoms with Crippen LogP contribution in [0.2, 0.25) is 0 Å². The van der Waals surface area contributed by atoms with Gasteiger partial charge in [-0.05, 0) is 42.7 Å². The Balaban J connectivity index is 2.15. The standard InChI is InChI=1S/C19H19F3/c1-2-3-4-5-14-6-8-15(9-7-14)18(21)19(22)16-10-12-17(20)13-11-16/h6-13H,2-5H2,1H3. The number of hydrogen-bond acceptors (Lipinski definition) is 0.